The van der Waals surface area contributed by atoms with E-state index in [2.05, 4.69) is 37.5 Å². The Hall–Kier alpha value is -0.0800. The van der Waals surface area contributed by atoms with Crippen molar-refractivity contribution in [3.05, 3.63) is 0 Å². The molecule has 0 aromatic carbocycles. The maximum Gasteiger partial charge on any atom is 0.0235 e. The molecule has 0 amide bonds. The molecule has 1 aliphatic heterocycles. The Morgan fingerprint density at radius 3 is 2.53 bits per heavy atom. The van der Waals surface area contributed by atoms with Crippen LogP contribution in [0.1, 0.15) is 47.0 Å². The molecule has 1 unspecified atom stereocenters. The molecule has 15 heavy (non-hydrogen) atoms. The quantitative estimate of drug-likeness (QED) is 0.668. The van der Waals surface area contributed by atoms with Crippen molar-refractivity contribution in [3.63, 3.8) is 0 Å². The average Bonchev–Trinajstić information content (AvgIpc) is 2.68. The van der Waals surface area contributed by atoms with E-state index in [1.54, 1.807) is 0 Å². The Bertz CT molecular complexity index is 168. The molecule has 0 aromatic heterocycles. The number of rotatable bonds is 6. The summed E-state index contributed by atoms with van der Waals surface area (Å²) in [7, 11) is 0. The van der Waals surface area contributed by atoms with Crippen LogP contribution >= 0.6 is 0 Å². The molecule has 0 radical (unpaired) electrons. The summed E-state index contributed by atoms with van der Waals surface area (Å²) in [6.45, 7) is 14.3. The maximum atomic E-state index is 2.67. The Balaban J connectivity index is 2.35. The molecule has 1 atom stereocenters. The van der Waals surface area contributed by atoms with Crippen molar-refractivity contribution in [1.29, 1.82) is 0 Å². The molecule has 0 aromatic rings. The Kier molecular flexibility index (Phi) is 5.62. The van der Waals surface area contributed by atoms with Gasteiger partial charge in [0.25, 0.3) is 0 Å². The normalized spacial score (nSPS) is 23.2. The fraction of sp³-hybridized carbons (Fsp3) is 1.00. The van der Waals surface area contributed by atoms with Gasteiger partial charge in [-0.05, 0) is 39.8 Å². The largest absolute Gasteiger partial charge is 0.299 e. The van der Waals surface area contributed by atoms with Crippen LogP contribution in [-0.2, 0) is 0 Å². The van der Waals surface area contributed by atoms with Gasteiger partial charge in [0.05, 0.1) is 0 Å². The molecule has 0 N–H and O–H groups in total. The van der Waals surface area contributed by atoms with Crippen LogP contribution in [0, 0.1) is 0 Å². The van der Waals surface area contributed by atoms with E-state index < -0.39 is 0 Å². The molecule has 0 aliphatic carbocycles. The van der Waals surface area contributed by atoms with E-state index in [-0.39, 0.29) is 0 Å². The second-order valence-electron chi connectivity index (χ2n) is 5.01. The first-order valence-electron chi connectivity index (χ1n) is 6.67. The van der Waals surface area contributed by atoms with Gasteiger partial charge in [0, 0.05) is 25.2 Å². The molecule has 90 valence electrons. The first kappa shape index (κ1) is 13.0. The van der Waals surface area contributed by atoms with Crippen molar-refractivity contribution in [2.75, 3.05) is 26.2 Å². The van der Waals surface area contributed by atoms with E-state index in [9.17, 15) is 0 Å². The SMILES string of the molecule is CCCCN(CC)C1CCN(C(C)C)C1. The van der Waals surface area contributed by atoms with Crippen LogP contribution in [0.3, 0.4) is 0 Å². The lowest BCUT2D eigenvalue weighted by Gasteiger charge is -2.28. The number of nitrogens with zero attached hydrogens (tertiary/aromatic N) is 2. The highest BCUT2D eigenvalue weighted by Gasteiger charge is 2.27. The lowest BCUT2D eigenvalue weighted by atomic mass is 10.2. The first-order chi connectivity index (χ1) is 7.19. The molecule has 2 heteroatoms. The third kappa shape index (κ3) is 3.76. The first-order valence-corrected chi connectivity index (χ1v) is 6.67. The second kappa shape index (κ2) is 6.49. The number of likely N-dealkylation sites (tertiary alicyclic amines) is 1. The fourth-order valence-electron chi connectivity index (χ4n) is 2.50. The summed E-state index contributed by atoms with van der Waals surface area (Å²) >= 11 is 0. The molecule has 1 aliphatic rings. The molecule has 2 nitrogen and oxygen atoms in total. The van der Waals surface area contributed by atoms with E-state index in [1.165, 1.54) is 45.4 Å². The molecule has 1 heterocycles. The summed E-state index contributed by atoms with van der Waals surface area (Å²) in [4.78, 5) is 5.28. The van der Waals surface area contributed by atoms with Gasteiger partial charge >= 0.3 is 0 Å². The van der Waals surface area contributed by atoms with Gasteiger partial charge in [-0.25, -0.2) is 0 Å². The van der Waals surface area contributed by atoms with E-state index >= 15 is 0 Å². The smallest absolute Gasteiger partial charge is 0.0235 e. The number of likely N-dealkylation sites (N-methyl/N-ethyl adjacent to an activating group) is 1. The summed E-state index contributed by atoms with van der Waals surface area (Å²) in [6, 6.07) is 1.55. The number of hydrogen-bond donors (Lipinski definition) is 0. The van der Waals surface area contributed by atoms with E-state index in [0.717, 1.165) is 12.1 Å². The Morgan fingerprint density at radius 2 is 2.07 bits per heavy atom. The molecule has 0 spiro atoms. The molecule has 1 fully saturated rings. The van der Waals surface area contributed by atoms with Crippen molar-refractivity contribution in [3.8, 4) is 0 Å². The van der Waals surface area contributed by atoms with Gasteiger partial charge in [0.2, 0.25) is 0 Å². The monoisotopic (exact) mass is 212 g/mol. The average molecular weight is 212 g/mol. The van der Waals surface area contributed by atoms with Crippen LogP contribution in [0.4, 0.5) is 0 Å². The van der Waals surface area contributed by atoms with Crippen LogP contribution in [0.25, 0.3) is 0 Å². The van der Waals surface area contributed by atoms with Crippen LogP contribution in [0.15, 0.2) is 0 Å². The van der Waals surface area contributed by atoms with Crippen molar-refractivity contribution in [2.24, 2.45) is 0 Å². The molecule has 1 saturated heterocycles. The van der Waals surface area contributed by atoms with Gasteiger partial charge in [-0.3, -0.25) is 9.80 Å². The highest BCUT2D eigenvalue weighted by molar-refractivity contribution is 4.84. The zero-order valence-corrected chi connectivity index (χ0v) is 11.0. The molecule has 1 rings (SSSR count). The number of hydrogen-bond acceptors (Lipinski definition) is 2. The van der Waals surface area contributed by atoms with Gasteiger partial charge in [0.1, 0.15) is 0 Å². The minimum atomic E-state index is 0.722. The van der Waals surface area contributed by atoms with Gasteiger partial charge in [0.15, 0.2) is 0 Å². The van der Waals surface area contributed by atoms with Crippen molar-refractivity contribution in [2.45, 2.75) is 59.0 Å². The Morgan fingerprint density at radius 1 is 1.33 bits per heavy atom. The van der Waals surface area contributed by atoms with Gasteiger partial charge < -0.3 is 0 Å². The third-order valence-electron chi connectivity index (χ3n) is 3.65. The minimum Gasteiger partial charge on any atom is -0.299 e. The molecular weight excluding hydrogens is 184 g/mol. The molecule has 0 saturated carbocycles. The zero-order chi connectivity index (χ0) is 11.3. The maximum absolute atomic E-state index is 2.67. The Labute approximate surface area is 95.6 Å². The summed E-state index contributed by atoms with van der Waals surface area (Å²) in [5, 5.41) is 0. The fourth-order valence-corrected chi connectivity index (χ4v) is 2.50. The van der Waals surface area contributed by atoms with Gasteiger partial charge in [-0.2, -0.15) is 0 Å². The van der Waals surface area contributed by atoms with Crippen molar-refractivity contribution >= 4 is 0 Å². The van der Waals surface area contributed by atoms with Crippen LogP contribution in [0.2, 0.25) is 0 Å². The summed E-state index contributed by atoms with van der Waals surface area (Å²) in [6.07, 6.45) is 4.04. The predicted molar refractivity (Wildman–Crippen MR) is 67.3 cm³/mol. The molecule has 0 bridgehead atoms. The van der Waals surface area contributed by atoms with Crippen LogP contribution in [-0.4, -0.2) is 48.1 Å². The lowest BCUT2D eigenvalue weighted by Crippen LogP contribution is -2.39. The zero-order valence-electron chi connectivity index (χ0n) is 11.0. The second-order valence-corrected chi connectivity index (χ2v) is 5.01. The number of unbranched alkanes of at least 4 members (excludes halogenated alkanes) is 1. The van der Waals surface area contributed by atoms with E-state index in [1.807, 2.05) is 0 Å². The third-order valence-corrected chi connectivity index (χ3v) is 3.65. The standard InChI is InChI=1S/C13H28N2/c1-5-7-9-14(6-2)13-8-10-15(11-13)12(3)4/h12-13H,5-11H2,1-4H3. The minimum absolute atomic E-state index is 0.722. The molecular formula is C13H28N2. The lowest BCUT2D eigenvalue weighted by molar-refractivity contribution is 0.188. The summed E-state index contributed by atoms with van der Waals surface area (Å²) in [5.74, 6) is 0. The van der Waals surface area contributed by atoms with Gasteiger partial charge in [-0.15, -0.1) is 0 Å². The summed E-state index contributed by atoms with van der Waals surface area (Å²) < 4.78 is 0. The highest BCUT2D eigenvalue weighted by atomic mass is 15.3. The van der Waals surface area contributed by atoms with Crippen LogP contribution < -0.4 is 0 Å². The van der Waals surface area contributed by atoms with Gasteiger partial charge in [-0.1, -0.05) is 20.3 Å². The van der Waals surface area contributed by atoms with Crippen molar-refractivity contribution < 1.29 is 0 Å². The summed E-state index contributed by atoms with van der Waals surface area (Å²) in [5.41, 5.74) is 0. The van der Waals surface area contributed by atoms with Crippen molar-refractivity contribution in [1.82, 2.24) is 9.80 Å². The van der Waals surface area contributed by atoms with E-state index in [0.29, 0.717) is 0 Å². The highest BCUT2D eigenvalue weighted by Crippen LogP contribution is 2.18. The van der Waals surface area contributed by atoms with Crippen LogP contribution in [0.5, 0.6) is 0 Å². The van der Waals surface area contributed by atoms with E-state index in [4.69, 9.17) is 0 Å². The predicted octanol–water partition coefficient (Wildman–Crippen LogP) is 2.59. The topological polar surface area (TPSA) is 6.48 Å².